The minimum atomic E-state index is 0.211. The standard InChI is InChI=1S/C9H22N2S/c1-6-11(12-5)7-8(10)9(2,3)4/h8H,6-7,10H2,1-5H3. The molecule has 0 radical (unpaired) electrons. The van der Waals surface area contributed by atoms with Crippen LogP contribution in [0.4, 0.5) is 0 Å². The van der Waals surface area contributed by atoms with Crippen molar-refractivity contribution in [2.24, 2.45) is 11.1 Å². The molecule has 74 valence electrons. The molecule has 3 heteroatoms. The Balaban J connectivity index is 3.90. The predicted molar refractivity (Wildman–Crippen MR) is 58.2 cm³/mol. The fourth-order valence-corrected chi connectivity index (χ4v) is 1.39. The fourth-order valence-electron chi connectivity index (χ4n) is 0.826. The lowest BCUT2D eigenvalue weighted by Gasteiger charge is -2.31. The third-order valence-corrected chi connectivity index (χ3v) is 3.05. The van der Waals surface area contributed by atoms with Crippen LogP contribution in [0.3, 0.4) is 0 Å². The average molecular weight is 190 g/mol. The van der Waals surface area contributed by atoms with Crippen molar-refractivity contribution in [3.05, 3.63) is 0 Å². The molecule has 2 nitrogen and oxygen atoms in total. The lowest BCUT2D eigenvalue weighted by atomic mass is 9.87. The zero-order valence-electron chi connectivity index (χ0n) is 8.92. The lowest BCUT2D eigenvalue weighted by Crippen LogP contribution is -2.43. The van der Waals surface area contributed by atoms with Crippen molar-refractivity contribution in [2.45, 2.75) is 33.7 Å². The van der Waals surface area contributed by atoms with Crippen molar-refractivity contribution in [1.29, 1.82) is 0 Å². The molecule has 0 aliphatic heterocycles. The minimum absolute atomic E-state index is 0.211. The van der Waals surface area contributed by atoms with Gasteiger partial charge in [0.1, 0.15) is 0 Å². The number of hydrogen-bond donors (Lipinski definition) is 1. The van der Waals surface area contributed by atoms with E-state index >= 15 is 0 Å². The summed E-state index contributed by atoms with van der Waals surface area (Å²) in [6, 6.07) is 0.255. The van der Waals surface area contributed by atoms with Crippen LogP contribution in [0, 0.1) is 5.41 Å². The largest absolute Gasteiger partial charge is 0.326 e. The van der Waals surface area contributed by atoms with Gasteiger partial charge in [-0.25, -0.2) is 4.31 Å². The van der Waals surface area contributed by atoms with E-state index in [1.807, 2.05) is 0 Å². The first kappa shape index (κ1) is 12.3. The van der Waals surface area contributed by atoms with Crippen LogP contribution in [0.2, 0.25) is 0 Å². The van der Waals surface area contributed by atoms with Gasteiger partial charge < -0.3 is 5.73 Å². The second kappa shape index (κ2) is 5.10. The van der Waals surface area contributed by atoms with Crippen LogP contribution < -0.4 is 5.73 Å². The van der Waals surface area contributed by atoms with Crippen molar-refractivity contribution >= 4 is 11.9 Å². The van der Waals surface area contributed by atoms with Gasteiger partial charge in [0.25, 0.3) is 0 Å². The third kappa shape index (κ3) is 4.33. The smallest absolute Gasteiger partial charge is 0.0246 e. The van der Waals surface area contributed by atoms with E-state index in [0.717, 1.165) is 13.1 Å². The van der Waals surface area contributed by atoms with Crippen molar-refractivity contribution in [2.75, 3.05) is 19.3 Å². The molecule has 0 heterocycles. The Morgan fingerprint density at radius 2 is 1.92 bits per heavy atom. The van der Waals surface area contributed by atoms with Crippen molar-refractivity contribution in [1.82, 2.24) is 4.31 Å². The highest BCUT2D eigenvalue weighted by molar-refractivity contribution is 7.96. The van der Waals surface area contributed by atoms with E-state index in [-0.39, 0.29) is 11.5 Å². The molecule has 0 amide bonds. The van der Waals surface area contributed by atoms with Gasteiger partial charge in [0.2, 0.25) is 0 Å². The minimum Gasteiger partial charge on any atom is -0.326 e. The van der Waals surface area contributed by atoms with Gasteiger partial charge >= 0.3 is 0 Å². The molecule has 0 aliphatic rings. The Morgan fingerprint density at radius 1 is 1.42 bits per heavy atom. The van der Waals surface area contributed by atoms with Gasteiger partial charge in [0.05, 0.1) is 0 Å². The fraction of sp³-hybridized carbons (Fsp3) is 1.00. The van der Waals surface area contributed by atoms with E-state index in [2.05, 4.69) is 38.3 Å². The first-order valence-electron chi connectivity index (χ1n) is 4.46. The molecule has 0 saturated heterocycles. The molecule has 0 spiro atoms. The van der Waals surface area contributed by atoms with Crippen LogP contribution >= 0.6 is 11.9 Å². The molecular weight excluding hydrogens is 168 g/mol. The normalized spacial score (nSPS) is 15.2. The van der Waals surface area contributed by atoms with Crippen LogP contribution in [0.5, 0.6) is 0 Å². The number of nitrogens with two attached hydrogens (primary N) is 1. The molecule has 0 aromatic heterocycles. The molecule has 0 saturated carbocycles. The maximum Gasteiger partial charge on any atom is 0.0246 e. The Labute approximate surface area is 81.0 Å². The summed E-state index contributed by atoms with van der Waals surface area (Å²) in [6.45, 7) is 10.8. The van der Waals surface area contributed by atoms with Gasteiger partial charge in [0.15, 0.2) is 0 Å². The van der Waals surface area contributed by atoms with Crippen LogP contribution in [0.25, 0.3) is 0 Å². The van der Waals surface area contributed by atoms with E-state index in [1.54, 1.807) is 11.9 Å². The first-order chi connectivity index (χ1) is 5.41. The molecular formula is C9H22N2S. The summed E-state index contributed by atoms with van der Waals surface area (Å²) in [7, 11) is 0. The summed E-state index contributed by atoms with van der Waals surface area (Å²) >= 11 is 1.77. The van der Waals surface area contributed by atoms with Crippen molar-refractivity contribution in [3.8, 4) is 0 Å². The molecule has 0 aliphatic carbocycles. The van der Waals surface area contributed by atoms with Gasteiger partial charge in [-0.15, -0.1) is 0 Å². The van der Waals surface area contributed by atoms with E-state index in [4.69, 9.17) is 5.73 Å². The summed E-state index contributed by atoms with van der Waals surface area (Å²) in [5, 5.41) is 0. The zero-order chi connectivity index (χ0) is 9.78. The van der Waals surface area contributed by atoms with Gasteiger partial charge in [-0.1, -0.05) is 39.6 Å². The van der Waals surface area contributed by atoms with Gasteiger partial charge in [-0.3, -0.25) is 0 Å². The molecule has 0 aromatic rings. The summed E-state index contributed by atoms with van der Waals surface area (Å²) in [5.74, 6) is 0. The molecule has 12 heavy (non-hydrogen) atoms. The zero-order valence-corrected chi connectivity index (χ0v) is 9.74. The van der Waals surface area contributed by atoms with Crippen LogP contribution in [0.15, 0.2) is 0 Å². The van der Waals surface area contributed by atoms with Gasteiger partial charge in [-0.2, -0.15) is 0 Å². The van der Waals surface area contributed by atoms with Crippen molar-refractivity contribution in [3.63, 3.8) is 0 Å². The molecule has 1 unspecified atom stereocenters. The molecule has 0 rings (SSSR count). The number of nitrogens with zero attached hydrogens (tertiary/aromatic N) is 1. The second-order valence-electron chi connectivity index (χ2n) is 4.14. The van der Waals surface area contributed by atoms with Crippen LogP contribution in [-0.2, 0) is 0 Å². The van der Waals surface area contributed by atoms with Crippen LogP contribution in [0.1, 0.15) is 27.7 Å². The molecule has 0 fully saturated rings. The SMILES string of the molecule is CCN(CC(N)C(C)(C)C)SC. The first-order valence-corrected chi connectivity index (χ1v) is 5.64. The summed E-state index contributed by atoms with van der Waals surface area (Å²) in [4.78, 5) is 0. The Morgan fingerprint density at radius 3 is 2.17 bits per heavy atom. The topological polar surface area (TPSA) is 29.3 Å². The summed E-state index contributed by atoms with van der Waals surface area (Å²) in [6.07, 6.45) is 2.10. The predicted octanol–water partition coefficient (Wildman–Crippen LogP) is 1.96. The maximum absolute atomic E-state index is 6.05. The third-order valence-electron chi connectivity index (χ3n) is 2.12. The average Bonchev–Trinajstić information content (AvgIpc) is 1.97. The number of hydrogen-bond acceptors (Lipinski definition) is 3. The molecule has 1 atom stereocenters. The summed E-state index contributed by atoms with van der Waals surface area (Å²) in [5.41, 5.74) is 6.26. The van der Waals surface area contributed by atoms with E-state index < -0.39 is 0 Å². The molecule has 2 N–H and O–H groups in total. The van der Waals surface area contributed by atoms with E-state index in [9.17, 15) is 0 Å². The highest BCUT2D eigenvalue weighted by atomic mass is 32.2. The Kier molecular flexibility index (Phi) is 5.21. The Bertz CT molecular complexity index is 116. The van der Waals surface area contributed by atoms with Crippen molar-refractivity contribution < 1.29 is 0 Å². The highest BCUT2D eigenvalue weighted by Gasteiger charge is 2.22. The maximum atomic E-state index is 6.05. The number of rotatable bonds is 4. The number of likely N-dealkylation sites (N-methyl/N-ethyl adjacent to an activating group) is 1. The quantitative estimate of drug-likeness (QED) is 0.687. The monoisotopic (exact) mass is 190 g/mol. The highest BCUT2D eigenvalue weighted by Crippen LogP contribution is 2.19. The summed E-state index contributed by atoms with van der Waals surface area (Å²) < 4.78 is 2.29. The van der Waals surface area contributed by atoms with Gasteiger partial charge in [0, 0.05) is 19.1 Å². The van der Waals surface area contributed by atoms with Crippen LogP contribution in [-0.4, -0.2) is 29.7 Å². The van der Waals surface area contributed by atoms with E-state index in [1.165, 1.54) is 0 Å². The second-order valence-corrected chi connectivity index (χ2v) is 5.02. The molecule has 0 aromatic carbocycles. The molecule has 0 bridgehead atoms. The Hall–Kier alpha value is 0.270. The lowest BCUT2D eigenvalue weighted by molar-refractivity contribution is 0.277. The van der Waals surface area contributed by atoms with Gasteiger partial charge in [-0.05, 0) is 11.7 Å². The van der Waals surface area contributed by atoms with E-state index in [0.29, 0.717) is 0 Å².